The monoisotopic (exact) mass is 394 g/mol. The van der Waals surface area contributed by atoms with Crippen molar-refractivity contribution in [3.05, 3.63) is 81.6 Å². The van der Waals surface area contributed by atoms with Crippen molar-refractivity contribution < 1.29 is 4.79 Å². The van der Waals surface area contributed by atoms with Crippen LogP contribution in [0.15, 0.2) is 48.5 Å². The van der Waals surface area contributed by atoms with E-state index in [9.17, 15) is 4.79 Å². The quantitative estimate of drug-likeness (QED) is 0.619. The summed E-state index contributed by atoms with van der Waals surface area (Å²) < 4.78 is 0. The van der Waals surface area contributed by atoms with Gasteiger partial charge in [-0.2, -0.15) is 0 Å². The van der Waals surface area contributed by atoms with Crippen LogP contribution in [0.25, 0.3) is 0 Å². The van der Waals surface area contributed by atoms with Crippen LogP contribution in [0.2, 0.25) is 5.02 Å². The number of nitrogens with zero attached hydrogens (tertiary/aromatic N) is 2. The molecule has 0 aliphatic carbocycles. The van der Waals surface area contributed by atoms with Crippen LogP contribution in [0.3, 0.4) is 0 Å². The van der Waals surface area contributed by atoms with Crippen LogP contribution in [0.4, 0.5) is 11.6 Å². The third kappa shape index (κ3) is 5.54. The minimum atomic E-state index is -0.253. The molecule has 28 heavy (non-hydrogen) atoms. The van der Waals surface area contributed by atoms with Gasteiger partial charge in [-0.3, -0.25) is 4.79 Å². The van der Waals surface area contributed by atoms with Gasteiger partial charge >= 0.3 is 0 Å². The molecule has 0 saturated heterocycles. The summed E-state index contributed by atoms with van der Waals surface area (Å²) in [4.78, 5) is 21.4. The molecule has 0 saturated carbocycles. The Bertz CT molecular complexity index is 966. The highest BCUT2D eigenvalue weighted by Crippen LogP contribution is 2.15. The molecule has 1 amide bonds. The normalized spacial score (nSPS) is 10.6. The van der Waals surface area contributed by atoms with E-state index in [0.29, 0.717) is 18.2 Å². The Hall–Kier alpha value is -2.92. The van der Waals surface area contributed by atoms with E-state index in [1.807, 2.05) is 57.2 Å². The van der Waals surface area contributed by atoms with Crippen molar-refractivity contribution in [2.24, 2.45) is 0 Å². The lowest BCUT2D eigenvalue weighted by atomic mass is 10.1. The van der Waals surface area contributed by atoms with E-state index < -0.39 is 0 Å². The number of aryl methyl sites for hydroxylation is 3. The summed E-state index contributed by atoms with van der Waals surface area (Å²) in [5, 5.41) is 6.82. The van der Waals surface area contributed by atoms with Crippen molar-refractivity contribution in [3.8, 4) is 0 Å². The van der Waals surface area contributed by atoms with Gasteiger partial charge in [-0.05, 0) is 74.2 Å². The molecule has 0 aliphatic heterocycles. The van der Waals surface area contributed by atoms with Crippen molar-refractivity contribution in [1.82, 2.24) is 9.97 Å². The van der Waals surface area contributed by atoms with Gasteiger partial charge in [-0.1, -0.05) is 29.8 Å². The summed E-state index contributed by atoms with van der Waals surface area (Å²) in [6.45, 7) is 6.50. The van der Waals surface area contributed by atoms with Crippen LogP contribution in [0, 0.1) is 20.8 Å². The number of rotatable bonds is 6. The predicted molar refractivity (Wildman–Crippen MR) is 114 cm³/mol. The minimum absolute atomic E-state index is 0.253. The number of hydrogen-bond donors (Lipinski definition) is 2. The Kier molecular flexibility index (Phi) is 6.26. The number of hydrogen-bond acceptors (Lipinski definition) is 4. The minimum Gasteiger partial charge on any atom is -0.354 e. The first-order valence-electron chi connectivity index (χ1n) is 9.13. The lowest BCUT2D eigenvalue weighted by Gasteiger charge is -2.10. The molecule has 0 fully saturated rings. The Morgan fingerprint density at radius 3 is 2.32 bits per heavy atom. The molecule has 1 aromatic heterocycles. The maximum Gasteiger partial charge on any atom is 0.274 e. The van der Waals surface area contributed by atoms with E-state index in [0.717, 1.165) is 39.5 Å². The zero-order chi connectivity index (χ0) is 20.1. The number of carbonyl (C=O) groups is 1. The van der Waals surface area contributed by atoms with E-state index in [4.69, 9.17) is 11.6 Å². The lowest BCUT2D eigenvalue weighted by molar-refractivity contribution is 0.102. The zero-order valence-corrected chi connectivity index (χ0v) is 17.0. The number of aromatic nitrogens is 2. The molecule has 3 aromatic rings. The second-order valence-electron chi connectivity index (χ2n) is 6.85. The Balaban J connectivity index is 1.66. The van der Waals surface area contributed by atoms with Crippen molar-refractivity contribution in [3.63, 3.8) is 0 Å². The molecule has 0 bridgehead atoms. The number of anilines is 2. The first-order valence-corrected chi connectivity index (χ1v) is 9.50. The average Bonchev–Trinajstić information content (AvgIpc) is 2.62. The maximum atomic E-state index is 12.6. The van der Waals surface area contributed by atoms with Gasteiger partial charge in [0.05, 0.1) is 0 Å². The van der Waals surface area contributed by atoms with Crippen LogP contribution in [0.1, 0.15) is 32.9 Å². The van der Waals surface area contributed by atoms with E-state index in [1.165, 1.54) is 0 Å². The van der Waals surface area contributed by atoms with Gasteiger partial charge in [0.15, 0.2) is 0 Å². The van der Waals surface area contributed by atoms with Gasteiger partial charge in [-0.15, -0.1) is 0 Å². The number of halogens is 1. The molecule has 0 aliphatic rings. The molecule has 0 radical (unpaired) electrons. The standard InChI is InChI=1S/C22H23ClN4O/c1-14-10-15(2)12-19(11-14)26-21(28)20-13-16(3)25-22(27-20)24-9-8-17-4-6-18(23)7-5-17/h4-7,10-13H,8-9H2,1-3H3,(H,26,28)(H,24,25,27). The molecular formula is C22H23ClN4O. The van der Waals surface area contributed by atoms with E-state index in [1.54, 1.807) is 6.07 Å². The molecule has 144 valence electrons. The maximum absolute atomic E-state index is 12.6. The summed E-state index contributed by atoms with van der Waals surface area (Å²) in [7, 11) is 0. The largest absolute Gasteiger partial charge is 0.354 e. The van der Waals surface area contributed by atoms with E-state index in [2.05, 4.69) is 26.7 Å². The zero-order valence-electron chi connectivity index (χ0n) is 16.2. The number of benzene rings is 2. The summed E-state index contributed by atoms with van der Waals surface area (Å²) in [6, 6.07) is 15.3. The highest BCUT2D eigenvalue weighted by atomic mass is 35.5. The van der Waals surface area contributed by atoms with Gasteiger partial charge in [0, 0.05) is 22.9 Å². The lowest BCUT2D eigenvalue weighted by Crippen LogP contribution is -2.17. The van der Waals surface area contributed by atoms with Crippen molar-refractivity contribution in [2.75, 3.05) is 17.2 Å². The second kappa shape index (κ2) is 8.85. The second-order valence-corrected chi connectivity index (χ2v) is 7.29. The molecule has 2 aromatic carbocycles. The van der Waals surface area contributed by atoms with Crippen molar-refractivity contribution in [1.29, 1.82) is 0 Å². The molecule has 2 N–H and O–H groups in total. The molecule has 0 atom stereocenters. The summed E-state index contributed by atoms with van der Waals surface area (Å²) in [6.07, 6.45) is 0.804. The van der Waals surface area contributed by atoms with Gasteiger partial charge in [0.1, 0.15) is 5.69 Å². The van der Waals surface area contributed by atoms with Gasteiger partial charge < -0.3 is 10.6 Å². The number of amides is 1. The molecule has 0 spiro atoms. The number of carbonyl (C=O) groups excluding carboxylic acids is 1. The summed E-state index contributed by atoms with van der Waals surface area (Å²) in [5.74, 6) is 0.191. The highest BCUT2D eigenvalue weighted by molar-refractivity contribution is 6.30. The van der Waals surface area contributed by atoms with Crippen LogP contribution < -0.4 is 10.6 Å². The van der Waals surface area contributed by atoms with Crippen LogP contribution in [0.5, 0.6) is 0 Å². The molecule has 3 rings (SSSR count). The average molecular weight is 395 g/mol. The van der Waals surface area contributed by atoms with Crippen LogP contribution in [-0.4, -0.2) is 22.4 Å². The Labute approximate surface area is 170 Å². The first kappa shape index (κ1) is 19.8. The molecular weight excluding hydrogens is 372 g/mol. The molecule has 1 heterocycles. The van der Waals surface area contributed by atoms with Crippen LogP contribution >= 0.6 is 11.6 Å². The molecule has 0 unspecified atom stereocenters. The van der Waals surface area contributed by atoms with Gasteiger partial charge in [-0.25, -0.2) is 9.97 Å². The van der Waals surface area contributed by atoms with Crippen LogP contribution in [-0.2, 0) is 6.42 Å². The van der Waals surface area contributed by atoms with E-state index >= 15 is 0 Å². The number of nitrogens with one attached hydrogen (secondary N) is 2. The highest BCUT2D eigenvalue weighted by Gasteiger charge is 2.11. The predicted octanol–water partition coefficient (Wildman–Crippen LogP) is 4.96. The topological polar surface area (TPSA) is 66.9 Å². The fourth-order valence-electron chi connectivity index (χ4n) is 2.98. The first-order chi connectivity index (χ1) is 13.4. The molecule has 5 nitrogen and oxygen atoms in total. The third-order valence-electron chi connectivity index (χ3n) is 4.18. The smallest absolute Gasteiger partial charge is 0.274 e. The Morgan fingerprint density at radius 2 is 1.64 bits per heavy atom. The fourth-order valence-corrected chi connectivity index (χ4v) is 3.10. The van der Waals surface area contributed by atoms with Gasteiger partial charge in [0.25, 0.3) is 5.91 Å². The third-order valence-corrected chi connectivity index (χ3v) is 4.43. The van der Waals surface area contributed by atoms with Crippen molar-refractivity contribution >= 4 is 29.1 Å². The van der Waals surface area contributed by atoms with E-state index in [-0.39, 0.29) is 5.91 Å². The SMILES string of the molecule is Cc1cc(C)cc(NC(=O)c2cc(C)nc(NCCc3ccc(Cl)cc3)n2)c1. The van der Waals surface area contributed by atoms with Crippen molar-refractivity contribution in [2.45, 2.75) is 27.2 Å². The van der Waals surface area contributed by atoms with Gasteiger partial charge in [0.2, 0.25) is 5.95 Å². The Morgan fingerprint density at radius 1 is 0.964 bits per heavy atom. The summed E-state index contributed by atoms with van der Waals surface area (Å²) in [5.41, 5.74) is 5.18. The molecule has 6 heteroatoms. The summed E-state index contributed by atoms with van der Waals surface area (Å²) >= 11 is 5.91. The fraction of sp³-hybridized carbons (Fsp3) is 0.227.